The summed E-state index contributed by atoms with van der Waals surface area (Å²) in [6.07, 6.45) is 3.42. The first kappa shape index (κ1) is 26.2. The lowest BCUT2D eigenvalue weighted by Crippen LogP contribution is -2.28. The number of nitrogens with two attached hydrogens (primary N) is 2. The number of rotatable bonds is 6. The number of allylic oxidation sites excluding steroid dienone is 1. The van der Waals surface area contributed by atoms with Crippen LogP contribution in [-0.2, 0) is 10.3 Å². The zero-order valence-electron chi connectivity index (χ0n) is 22.4. The van der Waals surface area contributed by atoms with Crippen molar-refractivity contribution in [2.24, 2.45) is 17.5 Å². The minimum absolute atomic E-state index is 0.175. The summed E-state index contributed by atoms with van der Waals surface area (Å²) in [6.45, 7) is 6.31. The SMILES string of the molecule is C/C(N)=C(\c1cnc2c3ccc(C(C)(C)O)c(F)c3n(C(c3ccccc3)C3CCOCC3)c2c1)N(C)N. The van der Waals surface area contributed by atoms with Gasteiger partial charge in [0.2, 0.25) is 0 Å². The number of halogens is 1. The highest BCUT2D eigenvalue weighted by Gasteiger charge is 2.33. The molecule has 1 atom stereocenters. The highest BCUT2D eigenvalue weighted by molar-refractivity contribution is 6.07. The fourth-order valence-corrected chi connectivity index (χ4v) is 5.87. The second-order valence-corrected chi connectivity index (χ2v) is 10.8. The molecular formula is C30H36FN5O2. The molecule has 38 heavy (non-hydrogen) atoms. The first-order valence-corrected chi connectivity index (χ1v) is 13.0. The number of fused-ring (bicyclic) bond motifs is 3. The average Bonchev–Trinajstić information content (AvgIpc) is 3.19. The van der Waals surface area contributed by atoms with Gasteiger partial charge in [0.15, 0.2) is 5.82 Å². The summed E-state index contributed by atoms with van der Waals surface area (Å²) in [6, 6.07) is 15.5. The second-order valence-electron chi connectivity index (χ2n) is 10.8. The van der Waals surface area contributed by atoms with Gasteiger partial charge in [0.1, 0.15) is 0 Å². The Morgan fingerprint density at radius 3 is 2.47 bits per heavy atom. The van der Waals surface area contributed by atoms with E-state index in [1.165, 1.54) is 5.01 Å². The molecule has 1 unspecified atom stereocenters. The highest BCUT2D eigenvalue weighted by atomic mass is 19.1. The molecule has 4 aromatic rings. The summed E-state index contributed by atoms with van der Waals surface area (Å²) >= 11 is 0. The van der Waals surface area contributed by atoms with Gasteiger partial charge in [-0.3, -0.25) is 4.98 Å². The second kappa shape index (κ2) is 10.0. The first-order chi connectivity index (χ1) is 18.1. The number of hydrogen-bond donors (Lipinski definition) is 3. The fraction of sp³-hybridized carbons (Fsp3) is 0.367. The number of pyridine rings is 1. The van der Waals surface area contributed by atoms with Gasteiger partial charge < -0.3 is 25.2 Å². The van der Waals surface area contributed by atoms with Crippen LogP contribution >= 0.6 is 0 Å². The molecule has 200 valence electrons. The molecule has 0 spiro atoms. The Morgan fingerprint density at radius 1 is 1.18 bits per heavy atom. The largest absolute Gasteiger partial charge is 0.401 e. The molecule has 1 saturated heterocycles. The molecule has 0 amide bonds. The van der Waals surface area contributed by atoms with Crippen LogP contribution in [0.5, 0.6) is 0 Å². The van der Waals surface area contributed by atoms with Crippen molar-refractivity contribution in [2.75, 3.05) is 20.3 Å². The van der Waals surface area contributed by atoms with Crippen molar-refractivity contribution in [3.63, 3.8) is 0 Å². The lowest BCUT2D eigenvalue weighted by molar-refractivity contribution is 0.0552. The van der Waals surface area contributed by atoms with Crippen molar-refractivity contribution in [1.82, 2.24) is 14.6 Å². The number of nitrogens with zero attached hydrogens (tertiary/aromatic N) is 3. The Morgan fingerprint density at radius 2 is 1.87 bits per heavy atom. The van der Waals surface area contributed by atoms with Crippen molar-refractivity contribution >= 4 is 27.6 Å². The van der Waals surface area contributed by atoms with Crippen LogP contribution in [0.3, 0.4) is 0 Å². The standard InChI is InChI=1S/C30H36FN5O2/c1-18(32)27(35(4)33)21-16-24-26(34-17-21)22-10-11-23(30(2,3)37)25(31)29(22)36(24)28(19-8-6-5-7-9-19)20-12-14-38-15-13-20/h5-11,16-17,20,28,37H,12-15,32-33H2,1-4H3/b27-18-. The van der Waals surface area contributed by atoms with Crippen molar-refractivity contribution in [3.05, 3.63) is 82.9 Å². The zero-order chi connectivity index (χ0) is 27.2. The molecule has 2 aromatic carbocycles. The topological polar surface area (TPSA) is 103 Å². The van der Waals surface area contributed by atoms with Crippen LogP contribution in [0.15, 0.2) is 60.4 Å². The molecule has 7 nitrogen and oxygen atoms in total. The summed E-state index contributed by atoms with van der Waals surface area (Å²) in [5.41, 5.74) is 10.0. The number of aromatic nitrogens is 2. The summed E-state index contributed by atoms with van der Waals surface area (Å²) in [5, 5.41) is 13.0. The normalized spacial score (nSPS) is 16.6. The van der Waals surface area contributed by atoms with Gasteiger partial charge in [-0.2, -0.15) is 0 Å². The van der Waals surface area contributed by atoms with Gasteiger partial charge in [-0.1, -0.05) is 42.5 Å². The lowest BCUT2D eigenvalue weighted by Gasteiger charge is -2.33. The van der Waals surface area contributed by atoms with Crippen LogP contribution in [0.1, 0.15) is 56.3 Å². The van der Waals surface area contributed by atoms with E-state index in [4.69, 9.17) is 21.3 Å². The van der Waals surface area contributed by atoms with E-state index in [2.05, 4.69) is 16.7 Å². The Hall–Kier alpha value is -3.46. The molecule has 2 aromatic heterocycles. The van der Waals surface area contributed by atoms with Crippen LogP contribution in [0.25, 0.3) is 27.6 Å². The van der Waals surface area contributed by atoms with Gasteiger partial charge in [0, 0.05) is 48.7 Å². The van der Waals surface area contributed by atoms with Crippen LogP contribution in [0, 0.1) is 11.7 Å². The molecule has 0 saturated carbocycles. The van der Waals surface area contributed by atoms with E-state index in [9.17, 15) is 5.11 Å². The van der Waals surface area contributed by atoms with Gasteiger partial charge in [-0.05, 0) is 51.2 Å². The number of ether oxygens (including phenoxy) is 1. The van der Waals surface area contributed by atoms with E-state index in [0.717, 1.165) is 29.5 Å². The monoisotopic (exact) mass is 517 g/mol. The Bertz CT molecular complexity index is 1490. The fourth-order valence-electron chi connectivity index (χ4n) is 5.87. The molecule has 0 aliphatic carbocycles. The number of hydrazine groups is 1. The van der Waals surface area contributed by atoms with Gasteiger partial charge in [-0.15, -0.1) is 0 Å². The third-order valence-corrected chi connectivity index (χ3v) is 7.53. The first-order valence-electron chi connectivity index (χ1n) is 13.0. The maximum atomic E-state index is 16.5. The number of benzene rings is 2. The molecule has 0 radical (unpaired) electrons. The molecule has 1 aliphatic rings. The van der Waals surface area contributed by atoms with E-state index in [1.807, 2.05) is 30.3 Å². The van der Waals surface area contributed by atoms with Crippen LogP contribution in [0.4, 0.5) is 4.39 Å². The van der Waals surface area contributed by atoms with Crippen molar-refractivity contribution in [2.45, 2.75) is 45.3 Å². The lowest BCUT2D eigenvalue weighted by atomic mass is 9.86. The molecule has 5 rings (SSSR count). The summed E-state index contributed by atoms with van der Waals surface area (Å²) in [5.74, 6) is 5.92. The van der Waals surface area contributed by atoms with E-state index < -0.39 is 11.4 Å². The predicted molar refractivity (Wildman–Crippen MR) is 149 cm³/mol. The van der Waals surface area contributed by atoms with E-state index in [0.29, 0.717) is 41.0 Å². The summed E-state index contributed by atoms with van der Waals surface area (Å²) in [7, 11) is 1.73. The van der Waals surface area contributed by atoms with Gasteiger partial charge >= 0.3 is 0 Å². The third-order valence-electron chi connectivity index (χ3n) is 7.53. The van der Waals surface area contributed by atoms with E-state index >= 15 is 4.39 Å². The Balaban J connectivity index is 1.92. The predicted octanol–water partition coefficient (Wildman–Crippen LogP) is 5.02. The van der Waals surface area contributed by atoms with E-state index in [1.54, 1.807) is 40.1 Å². The number of hydrogen-bond acceptors (Lipinski definition) is 6. The highest BCUT2D eigenvalue weighted by Crippen LogP contribution is 2.43. The minimum atomic E-state index is -1.35. The summed E-state index contributed by atoms with van der Waals surface area (Å²) in [4.78, 5) is 4.82. The van der Waals surface area contributed by atoms with Crippen molar-refractivity contribution in [1.29, 1.82) is 0 Å². The molecule has 5 N–H and O–H groups in total. The zero-order valence-corrected chi connectivity index (χ0v) is 22.4. The van der Waals surface area contributed by atoms with Crippen LogP contribution in [-0.4, -0.2) is 39.9 Å². The van der Waals surface area contributed by atoms with Gasteiger partial charge in [0.25, 0.3) is 0 Å². The molecular weight excluding hydrogens is 481 g/mol. The average molecular weight is 518 g/mol. The van der Waals surface area contributed by atoms with Crippen molar-refractivity contribution < 1.29 is 14.2 Å². The minimum Gasteiger partial charge on any atom is -0.401 e. The molecule has 1 aliphatic heterocycles. The summed E-state index contributed by atoms with van der Waals surface area (Å²) < 4.78 is 24.3. The third kappa shape index (κ3) is 4.53. The smallest absolute Gasteiger partial charge is 0.153 e. The maximum Gasteiger partial charge on any atom is 0.153 e. The van der Waals surface area contributed by atoms with Crippen LogP contribution in [0.2, 0.25) is 0 Å². The molecule has 8 heteroatoms. The maximum absolute atomic E-state index is 16.5. The molecule has 0 bridgehead atoms. The van der Waals surface area contributed by atoms with E-state index in [-0.39, 0.29) is 17.5 Å². The Labute approximate surface area is 222 Å². The van der Waals surface area contributed by atoms with Crippen LogP contribution < -0.4 is 11.6 Å². The van der Waals surface area contributed by atoms with Crippen molar-refractivity contribution in [3.8, 4) is 0 Å². The quantitative estimate of drug-likeness (QED) is 0.245. The Kier molecular flexibility index (Phi) is 6.90. The van der Waals surface area contributed by atoms with Gasteiger partial charge in [-0.25, -0.2) is 10.2 Å². The molecule has 1 fully saturated rings. The van der Waals surface area contributed by atoms with Gasteiger partial charge in [0.05, 0.1) is 33.9 Å². The number of aliphatic hydroxyl groups is 1. The molecule has 3 heterocycles.